The molecule has 0 unspecified atom stereocenters. The molecule has 2 atom stereocenters. The van der Waals surface area contributed by atoms with Crippen LogP contribution in [0.3, 0.4) is 0 Å². The average molecular weight is 355 g/mol. The number of aliphatic hydroxyl groups excluding tert-OH is 1. The van der Waals surface area contributed by atoms with Crippen molar-refractivity contribution in [3.63, 3.8) is 0 Å². The zero-order valence-corrected chi connectivity index (χ0v) is 13.5. The Kier molecular flexibility index (Phi) is 5.36. The highest BCUT2D eigenvalue weighted by atomic mass is 79.9. The fourth-order valence-corrected chi connectivity index (χ4v) is 3.03. The smallest absolute Gasteiger partial charge is 0.227 e. The van der Waals surface area contributed by atoms with E-state index in [1.807, 2.05) is 24.3 Å². The largest absolute Gasteiger partial charge is 0.396 e. The maximum atomic E-state index is 12.4. The van der Waals surface area contributed by atoms with E-state index in [4.69, 9.17) is 0 Å². The maximum absolute atomic E-state index is 12.4. The van der Waals surface area contributed by atoms with E-state index in [-0.39, 0.29) is 30.4 Å². The van der Waals surface area contributed by atoms with Crippen LogP contribution in [0, 0.1) is 5.92 Å². The number of benzene rings is 1. The summed E-state index contributed by atoms with van der Waals surface area (Å²) in [5.41, 5.74) is 0.936. The highest BCUT2D eigenvalue weighted by Gasteiger charge is 2.35. The van der Waals surface area contributed by atoms with Crippen molar-refractivity contribution in [3.05, 3.63) is 34.3 Å². The second-order valence-corrected chi connectivity index (χ2v) is 6.17. The van der Waals surface area contributed by atoms with Gasteiger partial charge in [0.15, 0.2) is 0 Å². The summed E-state index contributed by atoms with van der Waals surface area (Å²) in [6.45, 7) is 2.34. The van der Waals surface area contributed by atoms with Crippen molar-refractivity contribution in [2.75, 3.05) is 19.7 Å². The standard InChI is InChI=1S/C15H19BrN2O3/c1-10(20)17-14-8-18(7-12(14)9-19)15(21)6-11-4-2-3-5-13(11)16/h2-5,12,14,19H,6-9H2,1H3,(H,17,20)/t12-,14+/m0/s1. The number of nitrogens with zero attached hydrogens (tertiary/aromatic N) is 1. The van der Waals surface area contributed by atoms with Gasteiger partial charge in [0.1, 0.15) is 0 Å². The molecule has 0 bridgehead atoms. The third-order valence-electron chi connectivity index (χ3n) is 3.72. The van der Waals surface area contributed by atoms with Crippen LogP contribution in [-0.2, 0) is 16.0 Å². The Morgan fingerprint density at radius 3 is 2.71 bits per heavy atom. The molecule has 2 amide bonds. The summed E-state index contributed by atoms with van der Waals surface area (Å²) in [7, 11) is 0. The van der Waals surface area contributed by atoms with Crippen molar-refractivity contribution < 1.29 is 14.7 Å². The van der Waals surface area contributed by atoms with Crippen LogP contribution in [0.5, 0.6) is 0 Å². The summed E-state index contributed by atoms with van der Waals surface area (Å²) >= 11 is 3.44. The molecule has 0 spiro atoms. The lowest BCUT2D eigenvalue weighted by atomic mass is 10.1. The minimum absolute atomic E-state index is 0.00759. The zero-order chi connectivity index (χ0) is 15.4. The Morgan fingerprint density at radius 1 is 1.38 bits per heavy atom. The molecule has 114 valence electrons. The van der Waals surface area contributed by atoms with Gasteiger partial charge in [-0.2, -0.15) is 0 Å². The van der Waals surface area contributed by atoms with Crippen molar-refractivity contribution in [1.82, 2.24) is 10.2 Å². The predicted octanol–water partition coefficient (Wildman–Crippen LogP) is 0.947. The highest BCUT2D eigenvalue weighted by Crippen LogP contribution is 2.21. The number of nitrogens with one attached hydrogen (secondary N) is 1. The van der Waals surface area contributed by atoms with E-state index in [9.17, 15) is 14.7 Å². The summed E-state index contributed by atoms with van der Waals surface area (Å²) in [5, 5.41) is 12.2. The molecular weight excluding hydrogens is 336 g/mol. The van der Waals surface area contributed by atoms with Crippen LogP contribution < -0.4 is 5.32 Å². The molecule has 0 aromatic heterocycles. The number of carbonyl (C=O) groups is 2. The molecule has 0 aliphatic carbocycles. The molecule has 2 rings (SSSR count). The molecule has 1 aliphatic heterocycles. The molecule has 1 saturated heterocycles. The fourth-order valence-electron chi connectivity index (χ4n) is 2.60. The van der Waals surface area contributed by atoms with E-state index in [2.05, 4.69) is 21.2 Å². The van der Waals surface area contributed by atoms with Gasteiger partial charge < -0.3 is 15.3 Å². The van der Waals surface area contributed by atoms with Gasteiger partial charge in [-0.3, -0.25) is 9.59 Å². The van der Waals surface area contributed by atoms with Crippen molar-refractivity contribution in [1.29, 1.82) is 0 Å². The van der Waals surface area contributed by atoms with Gasteiger partial charge >= 0.3 is 0 Å². The Balaban J connectivity index is 2.00. The van der Waals surface area contributed by atoms with Crippen LogP contribution >= 0.6 is 15.9 Å². The van der Waals surface area contributed by atoms with E-state index in [1.54, 1.807) is 4.90 Å². The van der Waals surface area contributed by atoms with E-state index in [0.717, 1.165) is 10.0 Å². The molecule has 1 aromatic rings. The van der Waals surface area contributed by atoms with Gasteiger partial charge in [0, 0.05) is 37.0 Å². The Hall–Kier alpha value is -1.40. The van der Waals surface area contributed by atoms with Crippen LogP contribution in [0.25, 0.3) is 0 Å². The van der Waals surface area contributed by atoms with Crippen LogP contribution in [0.2, 0.25) is 0 Å². The molecule has 21 heavy (non-hydrogen) atoms. The molecule has 5 nitrogen and oxygen atoms in total. The maximum Gasteiger partial charge on any atom is 0.227 e. The van der Waals surface area contributed by atoms with Crippen molar-refractivity contribution >= 4 is 27.7 Å². The summed E-state index contributed by atoms with van der Waals surface area (Å²) in [6.07, 6.45) is 0.312. The van der Waals surface area contributed by atoms with Gasteiger partial charge in [0.05, 0.1) is 12.5 Å². The molecule has 1 fully saturated rings. The van der Waals surface area contributed by atoms with Crippen LogP contribution in [-0.4, -0.2) is 47.6 Å². The Labute approximate surface area is 132 Å². The number of amides is 2. The number of hydrogen-bond acceptors (Lipinski definition) is 3. The Bertz CT molecular complexity index is 535. The summed E-state index contributed by atoms with van der Waals surface area (Å²) in [5.74, 6) is -0.233. The third kappa shape index (κ3) is 4.04. The average Bonchev–Trinajstić information content (AvgIpc) is 2.83. The Morgan fingerprint density at radius 2 is 2.10 bits per heavy atom. The topological polar surface area (TPSA) is 69.6 Å². The van der Waals surface area contributed by atoms with E-state index < -0.39 is 0 Å². The number of hydrogen-bond donors (Lipinski definition) is 2. The number of aliphatic hydroxyl groups is 1. The van der Waals surface area contributed by atoms with E-state index >= 15 is 0 Å². The first kappa shape index (κ1) is 16.0. The van der Waals surface area contributed by atoms with E-state index in [1.165, 1.54) is 6.92 Å². The van der Waals surface area contributed by atoms with Crippen LogP contribution in [0.4, 0.5) is 0 Å². The second kappa shape index (κ2) is 7.04. The zero-order valence-electron chi connectivity index (χ0n) is 11.9. The van der Waals surface area contributed by atoms with Gasteiger partial charge in [-0.25, -0.2) is 0 Å². The molecule has 1 aliphatic rings. The molecule has 1 heterocycles. The summed E-state index contributed by atoms with van der Waals surface area (Å²) < 4.78 is 0.912. The minimum Gasteiger partial charge on any atom is -0.396 e. The van der Waals surface area contributed by atoms with Gasteiger partial charge in [0.2, 0.25) is 11.8 Å². The van der Waals surface area contributed by atoms with Crippen molar-refractivity contribution in [2.45, 2.75) is 19.4 Å². The summed E-state index contributed by atoms with van der Waals surface area (Å²) in [4.78, 5) is 25.3. The van der Waals surface area contributed by atoms with Gasteiger partial charge in [-0.15, -0.1) is 0 Å². The lowest BCUT2D eigenvalue weighted by Gasteiger charge is -2.17. The molecule has 6 heteroatoms. The monoisotopic (exact) mass is 354 g/mol. The number of carbonyl (C=O) groups excluding carboxylic acids is 2. The molecule has 2 N–H and O–H groups in total. The molecular formula is C15H19BrN2O3. The van der Waals surface area contributed by atoms with Crippen LogP contribution in [0.15, 0.2) is 28.7 Å². The first-order valence-corrected chi connectivity index (χ1v) is 7.69. The lowest BCUT2D eigenvalue weighted by molar-refractivity contribution is -0.130. The van der Waals surface area contributed by atoms with Crippen LogP contribution in [0.1, 0.15) is 12.5 Å². The molecule has 0 saturated carbocycles. The van der Waals surface area contributed by atoms with Crippen molar-refractivity contribution in [2.24, 2.45) is 5.92 Å². The predicted molar refractivity (Wildman–Crippen MR) is 82.6 cm³/mol. The number of halogens is 1. The summed E-state index contributed by atoms with van der Waals surface area (Å²) in [6, 6.07) is 7.45. The first-order chi connectivity index (χ1) is 10.0. The molecule has 1 aromatic carbocycles. The van der Waals surface area contributed by atoms with Crippen molar-refractivity contribution in [3.8, 4) is 0 Å². The second-order valence-electron chi connectivity index (χ2n) is 5.32. The minimum atomic E-state index is -0.171. The first-order valence-electron chi connectivity index (χ1n) is 6.90. The van der Waals surface area contributed by atoms with Gasteiger partial charge in [-0.1, -0.05) is 34.1 Å². The normalized spacial score (nSPS) is 21.4. The third-order valence-corrected chi connectivity index (χ3v) is 4.49. The quantitative estimate of drug-likeness (QED) is 0.845. The number of rotatable bonds is 4. The molecule has 0 radical (unpaired) electrons. The highest BCUT2D eigenvalue weighted by molar-refractivity contribution is 9.10. The number of likely N-dealkylation sites (tertiary alicyclic amines) is 1. The fraction of sp³-hybridized carbons (Fsp3) is 0.467. The van der Waals surface area contributed by atoms with E-state index in [0.29, 0.717) is 19.5 Å². The SMILES string of the molecule is CC(=O)N[C@@H]1CN(C(=O)Cc2ccccc2Br)C[C@H]1CO. The van der Waals surface area contributed by atoms with Gasteiger partial charge in [0.25, 0.3) is 0 Å². The lowest BCUT2D eigenvalue weighted by Crippen LogP contribution is -2.40. The van der Waals surface area contributed by atoms with Gasteiger partial charge in [-0.05, 0) is 11.6 Å².